The lowest BCUT2D eigenvalue weighted by Crippen LogP contribution is -2.20. The SMILES string of the molecule is Cc1nc(CNC2CC(N)c3ccccc32)no1. The van der Waals surface area contributed by atoms with Crippen LogP contribution >= 0.6 is 0 Å². The summed E-state index contributed by atoms with van der Waals surface area (Å²) in [4.78, 5) is 4.18. The van der Waals surface area contributed by atoms with Crippen LogP contribution in [0.5, 0.6) is 0 Å². The van der Waals surface area contributed by atoms with Crippen molar-refractivity contribution >= 4 is 0 Å². The van der Waals surface area contributed by atoms with Gasteiger partial charge < -0.3 is 15.6 Å². The van der Waals surface area contributed by atoms with Gasteiger partial charge >= 0.3 is 0 Å². The predicted octanol–water partition coefficient (Wildman–Crippen LogP) is 1.61. The van der Waals surface area contributed by atoms with Gasteiger partial charge in [-0.25, -0.2) is 0 Å². The molecule has 1 aromatic carbocycles. The number of fused-ring (bicyclic) bond motifs is 1. The number of nitrogens with two attached hydrogens (primary N) is 1. The summed E-state index contributed by atoms with van der Waals surface area (Å²) in [7, 11) is 0. The minimum absolute atomic E-state index is 0.116. The Labute approximate surface area is 105 Å². The van der Waals surface area contributed by atoms with Crippen molar-refractivity contribution in [2.45, 2.75) is 32.0 Å². The van der Waals surface area contributed by atoms with Gasteiger partial charge in [-0.05, 0) is 17.5 Å². The summed E-state index contributed by atoms with van der Waals surface area (Å²) < 4.78 is 4.94. The predicted molar refractivity (Wildman–Crippen MR) is 66.6 cm³/mol. The van der Waals surface area contributed by atoms with Crippen molar-refractivity contribution in [2.24, 2.45) is 5.73 Å². The maximum absolute atomic E-state index is 6.12. The molecule has 2 aromatic rings. The minimum Gasteiger partial charge on any atom is -0.340 e. The Balaban J connectivity index is 1.72. The van der Waals surface area contributed by atoms with E-state index in [1.165, 1.54) is 11.1 Å². The fourth-order valence-corrected chi connectivity index (χ4v) is 2.49. The van der Waals surface area contributed by atoms with E-state index in [4.69, 9.17) is 10.3 Å². The highest BCUT2D eigenvalue weighted by Crippen LogP contribution is 2.36. The van der Waals surface area contributed by atoms with Crippen LogP contribution in [-0.2, 0) is 6.54 Å². The van der Waals surface area contributed by atoms with Crippen LogP contribution in [0.15, 0.2) is 28.8 Å². The van der Waals surface area contributed by atoms with E-state index in [0.29, 0.717) is 18.3 Å². The van der Waals surface area contributed by atoms with Gasteiger partial charge in [-0.3, -0.25) is 0 Å². The molecule has 0 aliphatic heterocycles. The Morgan fingerprint density at radius 3 is 2.89 bits per heavy atom. The standard InChI is InChI=1S/C13H16N4O/c1-8-16-13(17-18-8)7-15-12-6-11(14)9-4-2-3-5-10(9)12/h2-5,11-12,15H,6-7,14H2,1H3. The molecule has 2 atom stereocenters. The summed E-state index contributed by atoms with van der Waals surface area (Å²) >= 11 is 0. The van der Waals surface area contributed by atoms with Crippen molar-refractivity contribution in [1.29, 1.82) is 0 Å². The smallest absolute Gasteiger partial charge is 0.223 e. The maximum atomic E-state index is 6.12. The molecule has 3 N–H and O–H groups in total. The van der Waals surface area contributed by atoms with Gasteiger partial charge in [0.05, 0.1) is 6.54 Å². The molecule has 18 heavy (non-hydrogen) atoms. The van der Waals surface area contributed by atoms with Crippen molar-refractivity contribution in [3.63, 3.8) is 0 Å². The molecule has 0 amide bonds. The van der Waals surface area contributed by atoms with E-state index >= 15 is 0 Å². The molecule has 0 fully saturated rings. The van der Waals surface area contributed by atoms with E-state index in [-0.39, 0.29) is 12.1 Å². The molecule has 94 valence electrons. The average Bonchev–Trinajstić information content (AvgIpc) is 2.92. The van der Waals surface area contributed by atoms with E-state index in [0.717, 1.165) is 6.42 Å². The molecule has 1 heterocycles. The molecule has 2 unspecified atom stereocenters. The molecule has 0 saturated heterocycles. The normalized spacial score (nSPS) is 22.1. The number of nitrogens with one attached hydrogen (secondary N) is 1. The number of aryl methyl sites for hydroxylation is 1. The van der Waals surface area contributed by atoms with Crippen molar-refractivity contribution in [3.8, 4) is 0 Å². The van der Waals surface area contributed by atoms with Crippen molar-refractivity contribution in [1.82, 2.24) is 15.5 Å². The van der Waals surface area contributed by atoms with Crippen molar-refractivity contribution < 1.29 is 4.52 Å². The summed E-state index contributed by atoms with van der Waals surface area (Å²) in [6, 6.07) is 8.69. The van der Waals surface area contributed by atoms with E-state index in [1.54, 1.807) is 6.92 Å². The maximum Gasteiger partial charge on any atom is 0.223 e. The summed E-state index contributed by atoms with van der Waals surface area (Å²) in [5.41, 5.74) is 8.64. The van der Waals surface area contributed by atoms with Gasteiger partial charge in [-0.15, -0.1) is 0 Å². The fourth-order valence-electron chi connectivity index (χ4n) is 2.49. The lowest BCUT2D eigenvalue weighted by molar-refractivity contribution is 0.382. The van der Waals surface area contributed by atoms with E-state index in [2.05, 4.69) is 27.6 Å². The van der Waals surface area contributed by atoms with Crippen LogP contribution < -0.4 is 11.1 Å². The van der Waals surface area contributed by atoms with E-state index in [9.17, 15) is 0 Å². The van der Waals surface area contributed by atoms with Gasteiger partial charge in [0.15, 0.2) is 5.82 Å². The number of hydrogen-bond acceptors (Lipinski definition) is 5. The number of rotatable bonds is 3. The van der Waals surface area contributed by atoms with Crippen LogP contribution in [0.3, 0.4) is 0 Å². The number of nitrogens with zero attached hydrogens (tertiary/aromatic N) is 2. The van der Waals surface area contributed by atoms with Crippen LogP contribution in [0, 0.1) is 6.92 Å². The molecule has 3 rings (SSSR count). The van der Waals surface area contributed by atoms with Crippen LogP contribution in [0.4, 0.5) is 0 Å². The first kappa shape index (κ1) is 11.4. The van der Waals surface area contributed by atoms with Crippen LogP contribution in [0.1, 0.15) is 41.3 Å². The second-order valence-electron chi connectivity index (χ2n) is 4.63. The number of benzene rings is 1. The topological polar surface area (TPSA) is 77.0 Å². The number of aromatic nitrogens is 2. The van der Waals surface area contributed by atoms with Crippen LogP contribution in [0.2, 0.25) is 0 Å². The zero-order valence-electron chi connectivity index (χ0n) is 10.3. The Morgan fingerprint density at radius 2 is 2.17 bits per heavy atom. The van der Waals surface area contributed by atoms with Crippen LogP contribution in [0.25, 0.3) is 0 Å². The minimum atomic E-state index is 0.116. The Hall–Kier alpha value is -1.72. The third-order valence-corrected chi connectivity index (χ3v) is 3.34. The molecule has 5 nitrogen and oxygen atoms in total. The molecule has 0 bridgehead atoms. The molecule has 1 aliphatic rings. The first-order chi connectivity index (χ1) is 8.74. The molecule has 5 heteroatoms. The second kappa shape index (κ2) is 4.51. The third-order valence-electron chi connectivity index (χ3n) is 3.34. The van der Waals surface area contributed by atoms with Gasteiger partial charge in [-0.1, -0.05) is 29.4 Å². The van der Waals surface area contributed by atoms with E-state index in [1.807, 2.05) is 12.1 Å². The Bertz CT molecular complexity index is 551. The summed E-state index contributed by atoms with van der Waals surface area (Å²) in [5, 5.41) is 7.30. The monoisotopic (exact) mass is 244 g/mol. The van der Waals surface area contributed by atoms with Gasteiger partial charge in [0.2, 0.25) is 5.89 Å². The van der Waals surface area contributed by atoms with Crippen molar-refractivity contribution in [2.75, 3.05) is 0 Å². The van der Waals surface area contributed by atoms with E-state index < -0.39 is 0 Å². The molecular formula is C13H16N4O. The summed E-state index contributed by atoms with van der Waals surface area (Å²) in [6.07, 6.45) is 0.913. The third kappa shape index (κ3) is 2.02. The quantitative estimate of drug-likeness (QED) is 0.857. The fraction of sp³-hybridized carbons (Fsp3) is 0.385. The first-order valence-electron chi connectivity index (χ1n) is 6.11. The average molecular weight is 244 g/mol. The van der Waals surface area contributed by atoms with Gasteiger partial charge in [0.1, 0.15) is 0 Å². The van der Waals surface area contributed by atoms with Gasteiger partial charge in [-0.2, -0.15) is 4.98 Å². The van der Waals surface area contributed by atoms with Crippen LogP contribution in [-0.4, -0.2) is 10.1 Å². The molecule has 0 spiro atoms. The molecule has 0 saturated carbocycles. The van der Waals surface area contributed by atoms with Crippen molar-refractivity contribution in [3.05, 3.63) is 47.1 Å². The molecular weight excluding hydrogens is 228 g/mol. The zero-order valence-corrected chi connectivity index (χ0v) is 10.3. The second-order valence-corrected chi connectivity index (χ2v) is 4.63. The highest BCUT2D eigenvalue weighted by Gasteiger charge is 2.27. The largest absolute Gasteiger partial charge is 0.340 e. The Morgan fingerprint density at radius 1 is 1.39 bits per heavy atom. The van der Waals surface area contributed by atoms with Gasteiger partial charge in [0, 0.05) is 19.0 Å². The Kier molecular flexibility index (Phi) is 2.85. The van der Waals surface area contributed by atoms with Gasteiger partial charge in [0.25, 0.3) is 0 Å². The lowest BCUT2D eigenvalue weighted by atomic mass is 10.1. The highest BCUT2D eigenvalue weighted by molar-refractivity contribution is 5.37. The first-order valence-corrected chi connectivity index (χ1v) is 6.11. The molecule has 0 radical (unpaired) electrons. The summed E-state index contributed by atoms with van der Waals surface area (Å²) in [5.74, 6) is 1.28. The lowest BCUT2D eigenvalue weighted by Gasteiger charge is -2.12. The molecule has 1 aliphatic carbocycles. The highest BCUT2D eigenvalue weighted by atomic mass is 16.5. The zero-order chi connectivity index (χ0) is 12.5. The summed E-state index contributed by atoms with van der Waals surface area (Å²) in [6.45, 7) is 2.39. The molecule has 1 aromatic heterocycles. The number of hydrogen-bond donors (Lipinski definition) is 2.